The first-order valence-corrected chi connectivity index (χ1v) is 6.20. The summed E-state index contributed by atoms with van der Waals surface area (Å²) in [6.45, 7) is 7.43. The number of carboxylic acid groups (broad SMARTS) is 2. The molecule has 0 radical (unpaired) electrons. The van der Waals surface area contributed by atoms with Crippen LogP contribution in [0.3, 0.4) is 0 Å². The van der Waals surface area contributed by atoms with Crippen LogP contribution in [0.5, 0.6) is 0 Å². The predicted molar refractivity (Wildman–Crippen MR) is 72.4 cm³/mol. The average molecular weight is 273 g/mol. The van der Waals surface area contributed by atoms with E-state index < -0.39 is 11.9 Å². The number of carbonyl (C=O) groups excluding carboxylic acids is 1. The lowest BCUT2D eigenvalue weighted by Gasteiger charge is -2.12. The molecule has 0 spiro atoms. The zero-order chi connectivity index (χ0) is 15.4. The lowest BCUT2D eigenvalue weighted by atomic mass is 10.0. The van der Waals surface area contributed by atoms with Crippen LogP contribution in [0.2, 0.25) is 0 Å². The molecule has 0 saturated heterocycles. The summed E-state index contributed by atoms with van der Waals surface area (Å²) in [6, 6.07) is -0.729. The molecule has 0 rings (SSSR count). The fraction of sp³-hybridized carbons (Fsp3) is 0.692. The fourth-order valence-electron chi connectivity index (χ4n) is 1.33. The lowest BCUT2D eigenvalue weighted by Crippen LogP contribution is -2.34. The Balaban J connectivity index is 0. The third-order valence-corrected chi connectivity index (χ3v) is 2.25. The van der Waals surface area contributed by atoms with Gasteiger partial charge in [0.15, 0.2) is 0 Å². The van der Waals surface area contributed by atoms with Gasteiger partial charge in [-0.05, 0) is 25.8 Å². The summed E-state index contributed by atoms with van der Waals surface area (Å²) < 4.78 is 0. The Morgan fingerprint density at radius 1 is 1.47 bits per heavy atom. The van der Waals surface area contributed by atoms with Gasteiger partial charge in [-0.3, -0.25) is 4.79 Å². The third kappa shape index (κ3) is 14.5. The minimum absolute atomic E-state index is 0.0913. The normalized spacial score (nSPS) is 13.1. The summed E-state index contributed by atoms with van der Waals surface area (Å²) in [5.74, 6) is -1.45. The maximum atomic E-state index is 10.4. The molecule has 0 aromatic rings. The lowest BCUT2D eigenvalue weighted by molar-refractivity contribution is -0.306. The van der Waals surface area contributed by atoms with Crippen molar-refractivity contribution >= 4 is 11.9 Å². The predicted octanol–water partition coefficient (Wildman–Crippen LogP) is -0.265. The van der Waals surface area contributed by atoms with Crippen LogP contribution >= 0.6 is 0 Å². The van der Waals surface area contributed by atoms with E-state index in [-0.39, 0.29) is 18.5 Å². The van der Waals surface area contributed by atoms with Gasteiger partial charge in [0.25, 0.3) is 0 Å². The number of nitrogens with one attached hydrogen (secondary N) is 1. The number of carboxylic acids is 2. The van der Waals surface area contributed by atoms with E-state index in [4.69, 9.17) is 10.8 Å². The molecule has 0 fully saturated rings. The van der Waals surface area contributed by atoms with Crippen molar-refractivity contribution in [1.82, 2.24) is 5.32 Å². The van der Waals surface area contributed by atoms with Crippen LogP contribution in [0, 0.1) is 5.92 Å². The van der Waals surface area contributed by atoms with Crippen LogP contribution in [0.1, 0.15) is 33.1 Å². The maximum Gasteiger partial charge on any atom is 0.320 e. The monoisotopic (exact) mass is 273 g/mol. The fourth-order valence-corrected chi connectivity index (χ4v) is 1.33. The van der Waals surface area contributed by atoms with Gasteiger partial charge in [-0.2, -0.15) is 0 Å². The summed E-state index contributed by atoms with van der Waals surface area (Å²) in [7, 11) is 1.67. The Morgan fingerprint density at radius 2 is 2.00 bits per heavy atom. The number of carbonyl (C=O) groups is 2. The van der Waals surface area contributed by atoms with Gasteiger partial charge in [0, 0.05) is 18.4 Å². The standard InChI is InChI=1S/C7H15NO2.C6H11NO2/c1-5(2)4-6(8-3)7(9)10;1-2-3-5(7)4-6(8)9/h5-6,8H,4H2,1-3H3,(H,9,10);2,5H,1,3-4,7H2,(H,8,9)/p-1/t6-;/m0./s1. The van der Waals surface area contributed by atoms with Gasteiger partial charge in [-0.1, -0.05) is 19.9 Å². The first-order valence-electron chi connectivity index (χ1n) is 6.20. The molecular formula is C13H25N2O4-. The number of nitrogens with two attached hydrogens (primary N) is 1. The Kier molecular flexibility index (Phi) is 12.2. The van der Waals surface area contributed by atoms with Gasteiger partial charge < -0.3 is 26.1 Å². The second-order valence-corrected chi connectivity index (χ2v) is 4.67. The molecule has 0 aromatic carbocycles. The van der Waals surface area contributed by atoms with Gasteiger partial charge in [0.05, 0.1) is 0 Å². The molecule has 2 atom stereocenters. The molecular weight excluding hydrogens is 248 g/mol. The SMILES string of the molecule is C=CCC(N)CC(=O)[O-].CN[C@@H](CC(C)C)C(=O)O. The molecule has 6 nitrogen and oxygen atoms in total. The van der Waals surface area contributed by atoms with Crippen molar-refractivity contribution in [3.63, 3.8) is 0 Å². The maximum absolute atomic E-state index is 10.4. The molecule has 4 N–H and O–H groups in total. The van der Waals surface area contributed by atoms with E-state index >= 15 is 0 Å². The molecule has 6 heteroatoms. The second-order valence-electron chi connectivity index (χ2n) is 4.67. The third-order valence-electron chi connectivity index (χ3n) is 2.25. The second kappa shape index (κ2) is 11.7. The van der Waals surface area contributed by atoms with Crippen molar-refractivity contribution in [2.24, 2.45) is 11.7 Å². The largest absolute Gasteiger partial charge is 0.550 e. The van der Waals surface area contributed by atoms with Gasteiger partial charge in [-0.15, -0.1) is 6.58 Å². The Morgan fingerprint density at radius 3 is 2.21 bits per heavy atom. The molecule has 0 aliphatic carbocycles. The van der Waals surface area contributed by atoms with Crippen molar-refractivity contribution in [2.75, 3.05) is 7.05 Å². The van der Waals surface area contributed by atoms with Crippen LogP contribution < -0.4 is 16.2 Å². The van der Waals surface area contributed by atoms with Gasteiger partial charge >= 0.3 is 5.97 Å². The first kappa shape index (κ1) is 19.9. The molecule has 0 bridgehead atoms. The molecule has 0 saturated carbocycles. The Hall–Kier alpha value is -1.40. The highest BCUT2D eigenvalue weighted by Gasteiger charge is 2.15. The van der Waals surface area contributed by atoms with E-state index in [0.29, 0.717) is 18.8 Å². The van der Waals surface area contributed by atoms with Crippen LogP contribution in [0.25, 0.3) is 0 Å². The van der Waals surface area contributed by atoms with Crippen molar-refractivity contribution in [2.45, 2.75) is 45.2 Å². The van der Waals surface area contributed by atoms with E-state index in [1.54, 1.807) is 13.1 Å². The molecule has 19 heavy (non-hydrogen) atoms. The van der Waals surface area contributed by atoms with Crippen LogP contribution in [-0.4, -0.2) is 36.2 Å². The van der Waals surface area contributed by atoms with E-state index in [9.17, 15) is 14.7 Å². The van der Waals surface area contributed by atoms with Crippen LogP contribution in [-0.2, 0) is 9.59 Å². The Labute approximate surface area is 114 Å². The van der Waals surface area contributed by atoms with Crippen molar-refractivity contribution in [1.29, 1.82) is 0 Å². The summed E-state index contributed by atoms with van der Waals surface area (Å²) in [5.41, 5.74) is 5.29. The minimum Gasteiger partial charge on any atom is -0.550 e. The number of aliphatic carboxylic acids is 2. The molecule has 0 amide bonds. The zero-order valence-corrected chi connectivity index (χ0v) is 11.9. The molecule has 1 unspecified atom stereocenters. The molecule has 0 aliphatic rings. The molecule has 112 valence electrons. The van der Waals surface area contributed by atoms with Gasteiger partial charge in [0.2, 0.25) is 0 Å². The number of rotatable bonds is 8. The highest BCUT2D eigenvalue weighted by atomic mass is 16.4. The molecule has 0 aliphatic heterocycles. The average Bonchev–Trinajstić information content (AvgIpc) is 2.25. The summed E-state index contributed by atoms with van der Waals surface area (Å²) in [6.07, 6.45) is 2.71. The summed E-state index contributed by atoms with van der Waals surface area (Å²) in [4.78, 5) is 20.3. The van der Waals surface area contributed by atoms with Crippen molar-refractivity contribution < 1.29 is 19.8 Å². The highest BCUT2D eigenvalue weighted by molar-refractivity contribution is 5.73. The van der Waals surface area contributed by atoms with Crippen molar-refractivity contribution in [3.8, 4) is 0 Å². The van der Waals surface area contributed by atoms with Crippen LogP contribution in [0.15, 0.2) is 12.7 Å². The highest BCUT2D eigenvalue weighted by Crippen LogP contribution is 2.03. The van der Waals surface area contributed by atoms with E-state index in [1.165, 1.54) is 0 Å². The molecule has 0 heterocycles. The van der Waals surface area contributed by atoms with E-state index in [0.717, 1.165) is 0 Å². The topological polar surface area (TPSA) is 115 Å². The number of hydrogen-bond acceptors (Lipinski definition) is 5. The van der Waals surface area contributed by atoms with Crippen molar-refractivity contribution in [3.05, 3.63) is 12.7 Å². The summed E-state index contributed by atoms with van der Waals surface area (Å²) in [5, 5.41) is 21.2. The zero-order valence-electron chi connectivity index (χ0n) is 11.9. The Bertz CT molecular complexity index is 280. The quantitative estimate of drug-likeness (QED) is 0.524. The van der Waals surface area contributed by atoms with E-state index in [1.807, 2.05) is 13.8 Å². The molecule has 0 aromatic heterocycles. The summed E-state index contributed by atoms with van der Waals surface area (Å²) >= 11 is 0. The van der Waals surface area contributed by atoms with Crippen LogP contribution in [0.4, 0.5) is 0 Å². The first-order chi connectivity index (χ1) is 8.74. The van der Waals surface area contributed by atoms with Gasteiger partial charge in [-0.25, -0.2) is 0 Å². The number of likely N-dealkylation sites (N-methyl/N-ethyl adjacent to an activating group) is 1. The van der Waals surface area contributed by atoms with Gasteiger partial charge in [0.1, 0.15) is 6.04 Å². The van der Waals surface area contributed by atoms with E-state index in [2.05, 4.69) is 11.9 Å². The minimum atomic E-state index is -1.11. The number of hydrogen-bond donors (Lipinski definition) is 3. The smallest absolute Gasteiger partial charge is 0.320 e.